The maximum absolute atomic E-state index is 15.0. The Morgan fingerprint density at radius 3 is 2.63 bits per heavy atom. The van der Waals surface area contributed by atoms with E-state index in [1.165, 1.54) is 11.0 Å². The van der Waals surface area contributed by atoms with Crippen LogP contribution in [0, 0.1) is 17.8 Å². The second-order valence-corrected chi connectivity index (χ2v) is 18.3. The molecule has 1 aromatic carbocycles. The number of hydrogen-bond donors (Lipinski definition) is 2. The summed E-state index contributed by atoms with van der Waals surface area (Å²) in [5, 5.41) is 2.85. The van der Waals surface area contributed by atoms with E-state index in [4.69, 9.17) is 14.2 Å². The monoisotopic (exact) mass is 804 g/mol. The Kier molecular flexibility index (Phi) is 11.0. The number of amides is 4. The molecular formula is C41H52N6O9S. The Labute approximate surface area is 333 Å². The number of rotatable bonds is 9. The molecule has 3 aliphatic carbocycles. The first-order chi connectivity index (χ1) is 27.5. The zero-order valence-corrected chi connectivity index (χ0v) is 33.2. The highest BCUT2D eigenvalue weighted by Crippen LogP contribution is 2.46. The highest BCUT2D eigenvalue weighted by molar-refractivity contribution is 7.91. The Bertz CT molecular complexity index is 2070. The number of sulfonamides is 1. The number of carbonyl (C=O) groups is 4. The summed E-state index contributed by atoms with van der Waals surface area (Å²) < 4.78 is 46.2. The van der Waals surface area contributed by atoms with E-state index in [0.717, 1.165) is 44.1 Å². The molecule has 0 radical (unpaired) electrons. The number of ether oxygens (including phenoxy) is 3. The normalized spacial score (nSPS) is 30.2. The van der Waals surface area contributed by atoms with Gasteiger partial charge in [0.2, 0.25) is 33.6 Å². The predicted molar refractivity (Wildman–Crippen MR) is 209 cm³/mol. The molecule has 5 fully saturated rings. The fraction of sp³-hybridized carbons (Fsp3) is 0.610. The van der Waals surface area contributed by atoms with Crippen LogP contribution in [0.15, 0.2) is 36.9 Å². The lowest BCUT2D eigenvalue weighted by Crippen LogP contribution is -2.57. The van der Waals surface area contributed by atoms with Crippen molar-refractivity contribution in [3.05, 3.63) is 42.5 Å². The first-order valence-corrected chi connectivity index (χ1v) is 22.0. The van der Waals surface area contributed by atoms with Gasteiger partial charge in [-0.15, -0.1) is 6.58 Å². The Morgan fingerprint density at radius 1 is 1.09 bits per heavy atom. The van der Waals surface area contributed by atoms with Crippen LogP contribution in [-0.2, 0) is 33.9 Å². The molecular weight excluding hydrogens is 753 g/mol. The van der Waals surface area contributed by atoms with Gasteiger partial charge in [0.25, 0.3) is 5.91 Å². The summed E-state index contributed by atoms with van der Waals surface area (Å²) >= 11 is 0. The van der Waals surface area contributed by atoms with Crippen LogP contribution in [-0.4, -0.2) is 114 Å². The maximum Gasteiger partial charge on any atom is 0.320 e. The van der Waals surface area contributed by atoms with Gasteiger partial charge in [0.15, 0.2) is 0 Å². The summed E-state index contributed by atoms with van der Waals surface area (Å²) in [6.07, 6.45) is 11.0. The van der Waals surface area contributed by atoms with Gasteiger partial charge in [0, 0.05) is 31.2 Å². The number of benzene rings is 1. The quantitative estimate of drug-likeness (QED) is 0.355. The number of nitrogens with zero attached hydrogens (tertiary/aromatic N) is 4. The molecule has 2 N–H and O–H groups in total. The third kappa shape index (κ3) is 8.12. The lowest BCUT2D eigenvalue weighted by molar-refractivity contribution is -0.147. The number of carbonyl (C=O) groups excluding carboxylic acids is 4. The minimum atomic E-state index is -3.90. The smallest absolute Gasteiger partial charge is 0.320 e. The van der Waals surface area contributed by atoms with Crippen LogP contribution in [0.4, 0.5) is 0 Å². The zero-order chi connectivity index (χ0) is 39.9. The van der Waals surface area contributed by atoms with Crippen molar-refractivity contribution < 1.29 is 41.8 Å². The van der Waals surface area contributed by atoms with E-state index < -0.39 is 56.6 Å². The van der Waals surface area contributed by atoms with Crippen LogP contribution >= 0.6 is 0 Å². The third-order valence-corrected chi connectivity index (χ3v) is 14.3. The standard InChI is InChI=1S/C41H52N6O9S/c1-3-27-22-41(27,39(51)45-57(52,53)30-14-15-30)44-36(49)34-20-29-23-47(34)38(50)31(26-10-5-6-11-26)21-35(48)46-17-7-12-28(46)24-54-18-8-9-25-13-16-33-32(19-25)37(56-29)43-40(42-33)55-4-2/h3,8-9,13,16,19,26-31,34H,1,4-7,10-12,14-15,17-18,20-24H2,2H3,(H,44,49)(H,45,51)/b9-8+/t27-,28-,29+,31-,34-,41+/m0/s1. The molecule has 306 valence electrons. The molecule has 4 heterocycles. The fourth-order valence-electron chi connectivity index (χ4n) is 9.16. The molecule has 6 aliphatic rings. The van der Waals surface area contributed by atoms with Crippen molar-refractivity contribution in [2.45, 2.75) is 107 Å². The van der Waals surface area contributed by atoms with Crippen LogP contribution in [0.5, 0.6) is 11.9 Å². The molecule has 15 nitrogen and oxygen atoms in total. The largest absolute Gasteiger partial charge is 0.472 e. The average molecular weight is 805 g/mol. The van der Waals surface area contributed by atoms with Crippen LogP contribution in [0.2, 0.25) is 0 Å². The van der Waals surface area contributed by atoms with Crippen LogP contribution in [0.1, 0.15) is 83.1 Å². The van der Waals surface area contributed by atoms with Crippen molar-refractivity contribution in [3.63, 3.8) is 0 Å². The van der Waals surface area contributed by atoms with E-state index in [0.29, 0.717) is 50.1 Å². The average Bonchev–Trinajstić information content (AvgIpc) is 3.96. The molecule has 3 aliphatic heterocycles. The van der Waals surface area contributed by atoms with E-state index >= 15 is 4.79 Å². The van der Waals surface area contributed by atoms with Crippen LogP contribution < -0.4 is 19.5 Å². The molecule has 57 heavy (non-hydrogen) atoms. The number of nitrogens with one attached hydrogen (secondary N) is 2. The lowest BCUT2D eigenvalue weighted by atomic mass is 9.86. The molecule has 4 bridgehead atoms. The van der Waals surface area contributed by atoms with Crippen molar-refractivity contribution >= 4 is 50.6 Å². The van der Waals surface area contributed by atoms with E-state index in [1.807, 2.05) is 42.2 Å². The number of aromatic nitrogens is 2. The molecule has 2 aromatic rings. The molecule has 0 unspecified atom stereocenters. The highest BCUT2D eigenvalue weighted by Gasteiger charge is 2.62. The Balaban J connectivity index is 1.15. The van der Waals surface area contributed by atoms with Gasteiger partial charge < -0.3 is 29.3 Å². The van der Waals surface area contributed by atoms with Crippen molar-refractivity contribution in [2.75, 3.05) is 32.9 Å². The van der Waals surface area contributed by atoms with Gasteiger partial charge in [-0.2, -0.15) is 9.97 Å². The minimum Gasteiger partial charge on any atom is -0.472 e. The van der Waals surface area contributed by atoms with Gasteiger partial charge in [-0.1, -0.05) is 37.1 Å². The first-order valence-electron chi connectivity index (χ1n) is 20.5. The predicted octanol–water partition coefficient (Wildman–Crippen LogP) is 3.28. The zero-order valence-electron chi connectivity index (χ0n) is 32.4. The molecule has 3 saturated carbocycles. The van der Waals surface area contributed by atoms with Gasteiger partial charge in [-0.05, 0) is 75.5 Å². The number of fused-ring (bicyclic) bond motifs is 4. The van der Waals surface area contributed by atoms with Crippen LogP contribution in [0.3, 0.4) is 0 Å². The molecule has 4 amide bonds. The van der Waals surface area contributed by atoms with Crippen molar-refractivity contribution in [1.29, 1.82) is 0 Å². The summed E-state index contributed by atoms with van der Waals surface area (Å²) in [5.74, 6) is -2.83. The highest BCUT2D eigenvalue weighted by atomic mass is 32.2. The van der Waals surface area contributed by atoms with E-state index in [1.54, 1.807) is 0 Å². The molecule has 8 rings (SSSR count). The van der Waals surface area contributed by atoms with Crippen molar-refractivity contribution in [1.82, 2.24) is 29.8 Å². The van der Waals surface area contributed by atoms with E-state index in [-0.39, 0.29) is 61.5 Å². The SMILES string of the molecule is C=C[C@H]1C[C@]1(NC(=O)[C@@H]1C[C@@H]2CN1C(=O)[C@H](C1CCCC1)CC(=O)N1CCC[C@H]1COC/C=C/c1ccc3nc(OCC)nc(c3c1)O2)C(=O)NS(=O)(=O)C1CC1. The van der Waals surface area contributed by atoms with Gasteiger partial charge in [-0.3, -0.25) is 23.9 Å². The summed E-state index contributed by atoms with van der Waals surface area (Å²) in [6, 6.07) is 4.60. The molecule has 1 aromatic heterocycles. The first kappa shape index (κ1) is 39.3. The maximum atomic E-state index is 15.0. The topological polar surface area (TPSA) is 186 Å². The minimum absolute atomic E-state index is 0.0102. The second-order valence-electron chi connectivity index (χ2n) is 16.4. The summed E-state index contributed by atoms with van der Waals surface area (Å²) in [5.41, 5.74) is -0.0956. The fourth-order valence-corrected chi connectivity index (χ4v) is 10.5. The summed E-state index contributed by atoms with van der Waals surface area (Å²) in [4.78, 5) is 69.9. The van der Waals surface area contributed by atoms with Gasteiger partial charge in [-0.25, -0.2) is 8.42 Å². The molecule has 6 atom stereocenters. The van der Waals surface area contributed by atoms with Crippen molar-refractivity contribution in [3.8, 4) is 11.9 Å². The second kappa shape index (κ2) is 16.0. The summed E-state index contributed by atoms with van der Waals surface area (Å²) in [7, 11) is -3.90. The van der Waals surface area contributed by atoms with Gasteiger partial charge in [0.1, 0.15) is 17.7 Å². The molecule has 0 spiro atoms. The van der Waals surface area contributed by atoms with Crippen LogP contribution in [0.25, 0.3) is 17.0 Å². The van der Waals surface area contributed by atoms with E-state index in [9.17, 15) is 22.8 Å². The number of hydrogen-bond acceptors (Lipinski definition) is 11. The Morgan fingerprint density at radius 2 is 1.89 bits per heavy atom. The molecule has 2 saturated heterocycles. The Hall–Kier alpha value is -4.57. The summed E-state index contributed by atoms with van der Waals surface area (Å²) in [6.45, 7) is 7.31. The van der Waals surface area contributed by atoms with Gasteiger partial charge >= 0.3 is 6.01 Å². The van der Waals surface area contributed by atoms with Gasteiger partial charge in [0.05, 0.1) is 48.6 Å². The molecule has 16 heteroatoms. The van der Waals surface area contributed by atoms with Crippen molar-refractivity contribution in [2.24, 2.45) is 17.8 Å². The third-order valence-electron chi connectivity index (χ3n) is 12.5. The van der Waals surface area contributed by atoms with E-state index in [2.05, 4.69) is 26.6 Å². The lowest BCUT2D eigenvalue weighted by Gasteiger charge is -2.33.